The Morgan fingerprint density at radius 3 is 2.88 bits per heavy atom. The van der Waals surface area contributed by atoms with Gasteiger partial charge >= 0.3 is 0 Å². The number of benzene rings is 1. The number of nitrogens with zero attached hydrogens (tertiary/aromatic N) is 1. The Labute approximate surface area is 157 Å². The van der Waals surface area contributed by atoms with Crippen LogP contribution in [0.1, 0.15) is 31.7 Å². The molecule has 2 N–H and O–H groups in total. The zero-order valence-corrected chi connectivity index (χ0v) is 16.1. The molecule has 0 aromatic heterocycles. The lowest BCUT2D eigenvalue weighted by Gasteiger charge is -2.13. The Morgan fingerprint density at radius 1 is 1.23 bits per heavy atom. The van der Waals surface area contributed by atoms with Gasteiger partial charge in [-0.3, -0.25) is 4.99 Å². The van der Waals surface area contributed by atoms with Crippen molar-refractivity contribution in [2.45, 2.75) is 39.2 Å². The van der Waals surface area contributed by atoms with E-state index in [-0.39, 0.29) is 6.10 Å². The van der Waals surface area contributed by atoms with Crippen LogP contribution in [0.5, 0.6) is 5.75 Å². The first kappa shape index (κ1) is 20.5. The summed E-state index contributed by atoms with van der Waals surface area (Å²) in [5.74, 6) is 1.81. The Kier molecular flexibility index (Phi) is 9.90. The lowest BCUT2D eigenvalue weighted by atomic mass is 10.2. The van der Waals surface area contributed by atoms with Crippen LogP contribution in [0, 0.1) is 6.92 Å². The summed E-state index contributed by atoms with van der Waals surface area (Å²) < 4.78 is 16.9. The van der Waals surface area contributed by atoms with Gasteiger partial charge in [0, 0.05) is 39.3 Å². The zero-order chi connectivity index (χ0) is 18.5. The van der Waals surface area contributed by atoms with Gasteiger partial charge in [0.15, 0.2) is 5.96 Å². The third-order valence-electron chi connectivity index (χ3n) is 4.12. The Bertz CT molecular complexity index is 531. The van der Waals surface area contributed by atoms with Crippen molar-refractivity contribution < 1.29 is 14.2 Å². The molecule has 146 valence electrons. The summed E-state index contributed by atoms with van der Waals surface area (Å²) >= 11 is 0. The molecule has 1 aliphatic rings. The normalized spacial score (nSPS) is 17.3. The van der Waals surface area contributed by atoms with Gasteiger partial charge in [-0.2, -0.15) is 0 Å². The van der Waals surface area contributed by atoms with Gasteiger partial charge in [-0.05, 0) is 38.3 Å². The van der Waals surface area contributed by atoms with E-state index >= 15 is 0 Å². The number of aryl methyl sites for hydroxylation is 1. The van der Waals surface area contributed by atoms with Crippen LogP contribution in [0.2, 0.25) is 0 Å². The smallest absolute Gasteiger partial charge is 0.191 e. The SMILES string of the molecule is CCNC(=NCCCOc1ccccc1C)NCCCOC1CCOC1. The van der Waals surface area contributed by atoms with Crippen LogP contribution in [-0.4, -0.2) is 58.1 Å². The van der Waals surface area contributed by atoms with Crippen molar-refractivity contribution in [3.05, 3.63) is 29.8 Å². The fourth-order valence-electron chi connectivity index (χ4n) is 2.67. The van der Waals surface area contributed by atoms with E-state index in [1.807, 2.05) is 18.2 Å². The molecular formula is C20H33N3O3. The number of para-hydroxylation sites is 1. The molecule has 1 fully saturated rings. The maximum Gasteiger partial charge on any atom is 0.191 e. The third kappa shape index (κ3) is 8.06. The second-order valence-corrected chi connectivity index (χ2v) is 6.36. The standard InChI is InChI=1S/C20H33N3O3/c1-3-21-20(22-11-6-13-25-18-10-15-24-16-18)23-12-7-14-26-19-9-5-4-8-17(19)2/h4-5,8-9,18H,3,6-7,10-16H2,1-2H3,(H2,21,22,23). The minimum absolute atomic E-state index is 0.283. The molecule has 0 saturated carbocycles. The highest BCUT2D eigenvalue weighted by Crippen LogP contribution is 2.16. The van der Waals surface area contributed by atoms with Gasteiger partial charge in [0.2, 0.25) is 0 Å². The van der Waals surface area contributed by atoms with Crippen molar-refractivity contribution in [3.63, 3.8) is 0 Å². The summed E-state index contributed by atoms with van der Waals surface area (Å²) in [5, 5.41) is 6.62. The Hall–Kier alpha value is -1.79. The average molecular weight is 364 g/mol. The monoisotopic (exact) mass is 363 g/mol. The molecule has 0 aliphatic carbocycles. The molecule has 1 atom stereocenters. The molecule has 6 nitrogen and oxygen atoms in total. The van der Waals surface area contributed by atoms with Gasteiger partial charge in [0.1, 0.15) is 5.75 Å². The maximum atomic E-state index is 5.80. The van der Waals surface area contributed by atoms with Crippen LogP contribution in [0.25, 0.3) is 0 Å². The molecule has 0 amide bonds. The van der Waals surface area contributed by atoms with E-state index in [4.69, 9.17) is 14.2 Å². The lowest BCUT2D eigenvalue weighted by molar-refractivity contribution is 0.0420. The largest absolute Gasteiger partial charge is 0.493 e. The average Bonchev–Trinajstić information content (AvgIpc) is 3.16. The van der Waals surface area contributed by atoms with Crippen LogP contribution in [0.15, 0.2) is 29.3 Å². The number of ether oxygens (including phenoxy) is 3. The van der Waals surface area contributed by atoms with Gasteiger partial charge in [-0.15, -0.1) is 0 Å². The van der Waals surface area contributed by atoms with Crippen molar-refractivity contribution in [1.29, 1.82) is 0 Å². The van der Waals surface area contributed by atoms with Crippen LogP contribution >= 0.6 is 0 Å². The lowest BCUT2D eigenvalue weighted by Crippen LogP contribution is -2.38. The van der Waals surface area contributed by atoms with Gasteiger partial charge in [0.25, 0.3) is 0 Å². The summed E-state index contributed by atoms with van der Waals surface area (Å²) in [6.45, 7) is 9.55. The van der Waals surface area contributed by atoms with E-state index in [9.17, 15) is 0 Å². The number of hydrogen-bond donors (Lipinski definition) is 2. The zero-order valence-electron chi connectivity index (χ0n) is 16.1. The van der Waals surface area contributed by atoms with Crippen molar-refractivity contribution in [1.82, 2.24) is 10.6 Å². The van der Waals surface area contributed by atoms with Crippen LogP contribution in [0.3, 0.4) is 0 Å². The van der Waals surface area contributed by atoms with Crippen molar-refractivity contribution in [3.8, 4) is 5.75 Å². The molecule has 1 aromatic rings. The van der Waals surface area contributed by atoms with E-state index in [0.717, 1.165) is 76.0 Å². The Morgan fingerprint density at radius 2 is 2.12 bits per heavy atom. The first-order valence-electron chi connectivity index (χ1n) is 9.69. The molecule has 0 radical (unpaired) electrons. The predicted molar refractivity (Wildman–Crippen MR) is 105 cm³/mol. The second kappa shape index (κ2) is 12.5. The van der Waals surface area contributed by atoms with E-state index in [2.05, 4.69) is 35.5 Å². The molecule has 1 aliphatic heterocycles. The van der Waals surface area contributed by atoms with Crippen molar-refractivity contribution >= 4 is 5.96 Å². The van der Waals surface area contributed by atoms with Crippen molar-refractivity contribution in [2.75, 3.05) is 46.1 Å². The van der Waals surface area contributed by atoms with Crippen molar-refractivity contribution in [2.24, 2.45) is 4.99 Å². The van der Waals surface area contributed by atoms with Crippen LogP contribution in [-0.2, 0) is 9.47 Å². The van der Waals surface area contributed by atoms with Crippen LogP contribution in [0.4, 0.5) is 0 Å². The van der Waals surface area contributed by atoms with Gasteiger partial charge in [0.05, 0.1) is 19.3 Å². The number of nitrogens with one attached hydrogen (secondary N) is 2. The van der Waals surface area contributed by atoms with E-state index in [1.54, 1.807) is 0 Å². The highest BCUT2D eigenvalue weighted by Gasteiger charge is 2.15. The third-order valence-corrected chi connectivity index (χ3v) is 4.12. The molecule has 1 aromatic carbocycles. The molecule has 26 heavy (non-hydrogen) atoms. The number of hydrogen-bond acceptors (Lipinski definition) is 4. The van der Waals surface area contributed by atoms with Crippen LogP contribution < -0.4 is 15.4 Å². The summed E-state index contributed by atoms with van der Waals surface area (Å²) in [6, 6.07) is 8.08. The first-order valence-corrected chi connectivity index (χ1v) is 9.69. The molecule has 0 bridgehead atoms. The molecule has 1 unspecified atom stereocenters. The fraction of sp³-hybridized carbons (Fsp3) is 0.650. The molecular weight excluding hydrogens is 330 g/mol. The van der Waals surface area contributed by atoms with E-state index < -0.39 is 0 Å². The van der Waals surface area contributed by atoms with E-state index in [1.165, 1.54) is 0 Å². The topological polar surface area (TPSA) is 64.1 Å². The summed E-state index contributed by atoms with van der Waals surface area (Å²) in [7, 11) is 0. The highest BCUT2D eigenvalue weighted by atomic mass is 16.5. The second-order valence-electron chi connectivity index (χ2n) is 6.36. The summed E-state index contributed by atoms with van der Waals surface area (Å²) in [5.41, 5.74) is 1.16. The summed E-state index contributed by atoms with van der Waals surface area (Å²) in [6.07, 6.45) is 3.14. The minimum Gasteiger partial charge on any atom is -0.493 e. The number of guanidine groups is 1. The molecule has 0 spiro atoms. The van der Waals surface area contributed by atoms with Gasteiger partial charge in [-0.1, -0.05) is 18.2 Å². The minimum atomic E-state index is 0.283. The first-order chi connectivity index (χ1) is 12.8. The maximum absolute atomic E-state index is 5.80. The molecule has 6 heteroatoms. The molecule has 2 rings (SSSR count). The fourth-order valence-corrected chi connectivity index (χ4v) is 2.67. The highest BCUT2D eigenvalue weighted by molar-refractivity contribution is 5.79. The van der Waals surface area contributed by atoms with Gasteiger partial charge < -0.3 is 24.8 Å². The Balaban J connectivity index is 1.57. The van der Waals surface area contributed by atoms with Gasteiger partial charge in [-0.25, -0.2) is 0 Å². The number of aliphatic imine (C=N–C) groups is 1. The molecule has 1 heterocycles. The quantitative estimate of drug-likeness (QED) is 0.359. The van der Waals surface area contributed by atoms with E-state index in [0.29, 0.717) is 6.61 Å². The number of rotatable bonds is 11. The molecule has 1 saturated heterocycles. The summed E-state index contributed by atoms with van der Waals surface area (Å²) in [4.78, 5) is 4.60. The predicted octanol–water partition coefficient (Wildman–Crippen LogP) is 2.51.